The average Bonchev–Trinajstić information content (AvgIpc) is 2.87. The van der Waals surface area contributed by atoms with Gasteiger partial charge in [0.15, 0.2) is 0 Å². The highest BCUT2D eigenvalue weighted by molar-refractivity contribution is 7.93. The zero-order valence-electron chi connectivity index (χ0n) is 19.6. The van der Waals surface area contributed by atoms with Crippen molar-refractivity contribution in [2.24, 2.45) is 5.73 Å². The molecule has 4 rings (SSSR count). The summed E-state index contributed by atoms with van der Waals surface area (Å²) >= 11 is 0. The molecule has 182 valence electrons. The summed E-state index contributed by atoms with van der Waals surface area (Å²) in [5, 5.41) is 0. The van der Waals surface area contributed by atoms with Gasteiger partial charge in [-0.2, -0.15) is 0 Å². The lowest BCUT2D eigenvalue weighted by Crippen LogP contribution is -2.36. The van der Waals surface area contributed by atoms with Crippen LogP contribution in [0.25, 0.3) is 0 Å². The number of sulfonamides is 1. The summed E-state index contributed by atoms with van der Waals surface area (Å²) in [6.45, 7) is 0.618. The molecule has 0 aromatic heterocycles. The quantitative estimate of drug-likeness (QED) is 0.544. The minimum absolute atomic E-state index is 0.0539. The van der Waals surface area contributed by atoms with Gasteiger partial charge < -0.3 is 15.4 Å². The van der Waals surface area contributed by atoms with Crippen LogP contribution in [0.4, 0.5) is 5.69 Å². The van der Waals surface area contributed by atoms with Crippen molar-refractivity contribution in [2.45, 2.75) is 24.3 Å². The standard InChI is InChI=1S/C26H27N3O5S/c1-28(17-18-9-11-20(12-10-18)25(27)30)26(31)21-13-14-23(34-2)24(16-21)35(32,33)29-15-5-7-19-6-3-4-8-22(19)29/h3-4,6,8-14,16H,5,7,15,17H2,1-2H3,(H2,27,30). The summed E-state index contributed by atoms with van der Waals surface area (Å²) in [5.74, 6) is -0.694. The number of methoxy groups -OCH3 is 1. The van der Waals surface area contributed by atoms with Gasteiger partial charge in [0.05, 0.1) is 12.8 Å². The Morgan fingerprint density at radius 1 is 1.03 bits per heavy atom. The molecule has 35 heavy (non-hydrogen) atoms. The number of ether oxygens (including phenoxy) is 1. The maximum Gasteiger partial charge on any atom is 0.268 e. The normalized spacial score (nSPS) is 13.1. The van der Waals surface area contributed by atoms with Crippen molar-refractivity contribution in [3.63, 3.8) is 0 Å². The molecular formula is C26H27N3O5S. The van der Waals surface area contributed by atoms with Gasteiger partial charge in [0, 0.05) is 31.3 Å². The number of nitrogens with two attached hydrogens (primary N) is 1. The van der Waals surface area contributed by atoms with Gasteiger partial charge in [-0.3, -0.25) is 13.9 Å². The smallest absolute Gasteiger partial charge is 0.268 e. The molecule has 2 amide bonds. The third kappa shape index (κ3) is 4.85. The minimum Gasteiger partial charge on any atom is -0.495 e. The number of benzene rings is 3. The zero-order valence-corrected chi connectivity index (χ0v) is 20.4. The largest absolute Gasteiger partial charge is 0.495 e. The first kappa shape index (κ1) is 24.3. The number of amides is 2. The highest BCUT2D eigenvalue weighted by Gasteiger charge is 2.32. The predicted molar refractivity (Wildman–Crippen MR) is 133 cm³/mol. The third-order valence-corrected chi connectivity index (χ3v) is 7.89. The summed E-state index contributed by atoms with van der Waals surface area (Å²) in [7, 11) is -0.945. The van der Waals surface area contributed by atoms with E-state index in [2.05, 4.69) is 0 Å². The number of primary amides is 1. The molecule has 0 aliphatic carbocycles. The van der Waals surface area contributed by atoms with Crippen molar-refractivity contribution in [3.8, 4) is 5.75 Å². The average molecular weight is 494 g/mol. The Hall–Kier alpha value is -3.85. The molecule has 0 bridgehead atoms. The fourth-order valence-corrected chi connectivity index (χ4v) is 5.94. The van der Waals surface area contributed by atoms with Crippen molar-refractivity contribution in [2.75, 3.05) is 25.0 Å². The highest BCUT2D eigenvalue weighted by Crippen LogP contribution is 2.35. The van der Waals surface area contributed by atoms with Gasteiger partial charge in [-0.1, -0.05) is 30.3 Å². The van der Waals surface area contributed by atoms with Crippen molar-refractivity contribution in [1.29, 1.82) is 0 Å². The molecule has 0 saturated carbocycles. The van der Waals surface area contributed by atoms with Crippen LogP contribution in [0.1, 0.15) is 38.3 Å². The van der Waals surface area contributed by atoms with Gasteiger partial charge in [0.2, 0.25) is 5.91 Å². The van der Waals surface area contributed by atoms with E-state index in [1.54, 1.807) is 43.4 Å². The minimum atomic E-state index is -3.98. The molecule has 0 spiro atoms. The third-order valence-electron chi connectivity index (χ3n) is 6.05. The van der Waals surface area contributed by atoms with E-state index < -0.39 is 15.9 Å². The van der Waals surface area contributed by atoms with Crippen LogP contribution in [-0.4, -0.2) is 45.8 Å². The number of aryl methyl sites for hydroxylation is 1. The molecule has 0 atom stereocenters. The van der Waals surface area contributed by atoms with Gasteiger partial charge >= 0.3 is 0 Å². The molecule has 0 unspecified atom stereocenters. The van der Waals surface area contributed by atoms with E-state index in [4.69, 9.17) is 10.5 Å². The maximum absolute atomic E-state index is 13.7. The Labute approximate surface area is 205 Å². The molecule has 2 N–H and O–H groups in total. The zero-order chi connectivity index (χ0) is 25.2. The molecule has 9 heteroatoms. The van der Waals surface area contributed by atoms with E-state index in [0.29, 0.717) is 24.2 Å². The second-order valence-electron chi connectivity index (χ2n) is 8.40. The molecule has 1 aliphatic heterocycles. The van der Waals surface area contributed by atoms with E-state index in [0.717, 1.165) is 17.5 Å². The molecular weight excluding hydrogens is 466 g/mol. The molecule has 1 aliphatic rings. The van der Waals surface area contributed by atoms with Crippen LogP contribution >= 0.6 is 0 Å². The fraction of sp³-hybridized carbons (Fsp3) is 0.231. The van der Waals surface area contributed by atoms with Crippen LogP contribution in [0.2, 0.25) is 0 Å². The number of carbonyl (C=O) groups excluding carboxylic acids is 2. The van der Waals surface area contributed by atoms with Gasteiger partial charge in [-0.25, -0.2) is 8.42 Å². The number of fused-ring (bicyclic) bond motifs is 1. The first-order chi connectivity index (χ1) is 16.7. The summed E-state index contributed by atoms with van der Waals surface area (Å²) < 4.78 is 34.2. The van der Waals surface area contributed by atoms with E-state index in [9.17, 15) is 18.0 Å². The number of anilines is 1. The number of rotatable bonds is 7. The number of hydrogen-bond donors (Lipinski definition) is 1. The van der Waals surface area contributed by atoms with E-state index >= 15 is 0 Å². The van der Waals surface area contributed by atoms with Crippen LogP contribution in [0, 0.1) is 0 Å². The van der Waals surface area contributed by atoms with Gasteiger partial charge in [0.25, 0.3) is 15.9 Å². The number of carbonyl (C=O) groups is 2. The van der Waals surface area contributed by atoms with E-state index in [1.165, 1.54) is 28.4 Å². The van der Waals surface area contributed by atoms with Crippen LogP contribution in [0.5, 0.6) is 5.75 Å². The number of nitrogens with zero attached hydrogens (tertiary/aromatic N) is 2. The molecule has 3 aromatic carbocycles. The Morgan fingerprint density at radius 2 is 1.71 bits per heavy atom. The Balaban J connectivity index is 1.63. The summed E-state index contributed by atoms with van der Waals surface area (Å²) in [4.78, 5) is 25.9. The lowest BCUT2D eigenvalue weighted by molar-refractivity contribution is 0.0784. The fourth-order valence-electron chi connectivity index (χ4n) is 4.22. The van der Waals surface area contributed by atoms with Crippen molar-refractivity contribution < 1.29 is 22.7 Å². The first-order valence-corrected chi connectivity index (χ1v) is 12.6. The van der Waals surface area contributed by atoms with Gasteiger partial charge in [0.1, 0.15) is 10.6 Å². The second kappa shape index (κ2) is 9.79. The van der Waals surface area contributed by atoms with Crippen LogP contribution in [0.15, 0.2) is 71.6 Å². The Morgan fingerprint density at radius 3 is 2.40 bits per heavy atom. The number of hydrogen-bond acceptors (Lipinski definition) is 5. The van der Waals surface area contributed by atoms with E-state index in [1.807, 2.05) is 18.2 Å². The van der Waals surface area contributed by atoms with Crippen molar-refractivity contribution >= 4 is 27.5 Å². The maximum atomic E-state index is 13.7. The van der Waals surface area contributed by atoms with Crippen molar-refractivity contribution in [3.05, 3.63) is 89.0 Å². The molecule has 1 heterocycles. The molecule has 8 nitrogen and oxygen atoms in total. The highest BCUT2D eigenvalue weighted by atomic mass is 32.2. The van der Waals surface area contributed by atoms with Crippen LogP contribution < -0.4 is 14.8 Å². The van der Waals surface area contributed by atoms with Crippen LogP contribution in [-0.2, 0) is 23.0 Å². The number of para-hydroxylation sites is 1. The lowest BCUT2D eigenvalue weighted by atomic mass is 10.0. The molecule has 0 fully saturated rings. The van der Waals surface area contributed by atoms with Gasteiger partial charge in [-0.05, 0) is 60.4 Å². The van der Waals surface area contributed by atoms with Crippen molar-refractivity contribution in [1.82, 2.24) is 4.90 Å². The summed E-state index contributed by atoms with van der Waals surface area (Å²) in [6, 6.07) is 18.5. The van der Waals surface area contributed by atoms with Crippen LogP contribution in [0.3, 0.4) is 0 Å². The Kier molecular flexibility index (Phi) is 6.79. The monoisotopic (exact) mass is 493 g/mol. The first-order valence-electron chi connectivity index (χ1n) is 11.2. The summed E-state index contributed by atoms with van der Waals surface area (Å²) in [5.41, 5.74) is 8.30. The second-order valence-corrected chi connectivity index (χ2v) is 10.2. The molecule has 0 saturated heterocycles. The summed E-state index contributed by atoms with van der Waals surface area (Å²) in [6.07, 6.45) is 1.51. The SMILES string of the molecule is COc1ccc(C(=O)N(C)Cc2ccc(C(N)=O)cc2)cc1S(=O)(=O)N1CCCc2ccccc21. The Bertz CT molecular complexity index is 1370. The molecule has 0 radical (unpaired) electrons. The molecule has 3 aromatic rings. The topological polar surface area (TPSA) is 110 Å². The predicted octanol–water partition coefficient (Wildman–Crippen LogP) is 3.21. The lowest BCUT2D eigenvalue weighted by Gasteiger charge is -2.31. The van der Waals surface area contributed by atoms with E-state index in [-0.39, 0.29) is 28.7 Å². The van der Waals surface area contributed by atoms with Gasteiger partial charge in [-0.15, -0.1) is 0 Å².